The van der Waals surface area contributed by atoms with E-state index in [0.29, 0.717) is 41.4 Å². The van der Waals surface area contributed by atoms with Crippen molar-refractivity contribution in [3.05, 3.63) is 62.6 Å². The largest absolute Gasteiger partial charge is 0.490 e. The molecule has 6 nitrogen and oxygen atoms in total. The number of ether oxygens (including phenoxy) is 2. The maximum Gasteiger partial charge on any atom is 0.282 e. The van der Waals surface area contributed by atoms with Gasteiger partial charge in [-0.1, -0.05) is 57.5 Å². The zero-order valence-corrected chi connectivity index (χ0v) is 22.0. The van der Waals surface area contributed by atoms with Crippen LogP contribution in [-0.4, -0.2) is 29.1 Å². The molecule has 2 aromatic carbocycles. The van der Waals surface area contributed by atoms with Crippen molar-refractivity contribution in [2.45, 2.75) is 53.9 Å². The lowest BCUT2D eigenvalue weighted by atomic mass is 9.95. The minimum atomic E-state index is -0.376. The van der Waals surface area contributed by atoms with Crippen LogP contribution in [0.25, 0.3) is 10.9 Å². The van der Waals surface area contributed by atoms with Crippen LogP contribution < -0.4 is 15.0 Å². The van der Waals surface area contributed by atoms with Crippen molar-refractivity contribution in [3.8, 4) is 11.5 Å². The van der Waals surface area contributed by atoms with Gasteiger partial charge in [-0.25, -0.2) is 4.98 Å². The molecule has 33 heavy (non-hydrogen) atoms. The maximum atomic E-state index is 13.3. The number of fused-ring (bicyclic) bond motifs is 1. The summed E-state index contributed by atoms with van der Waals surface area (Å²) in [7, 11) is 0. The Labute approximate surface area is 203 Å². The first-order valence-electron chi connectivity index (χ1n) is 11.1. The van der Waals surface area contributed by atoms with Gasteiger partial charge in [-0.15, -0.1) is 0 Å². The third kappa shape index (κ3) is 6.22. The van der Waals surface area contributed by atoms with Gasteiger partial charge in [-0.3, -0.25) is 4.79 Å². The van der Waals surface area contributed by atoms with Gasteiger partial charge in [-0.05, 0) is 54.3 Å². The van der Waals surface area contributed by atoms with E-state index in [-0.39, 0.29) is 16.4 Å². The number of nitrogens with zero attached hydrogens (tertiary/aromatic N) is 3. The standard InChI is InChI=1S/C26H32BrN3O3/c1-8-32-22-13-17(9-12-21(22)33-16-25(2,3)4)15-28-30-23(31)19-14-18(27)10-11-20(19)29-24(30)26(5,6)7/h9-15H,8,16H2,1-7H3. The van der Waals surface area contributed by atoms with Crippen LogP contribution in [0.3, 0.4) is 0 Å². The predicted octanol–water partition coefficient (Wildman–Crippen LogP) is 6.16. The van der Waals surface area contributed by atoms with E-state index >= 15 is 0 Å². The molecule has 0 atom stereocenters. The smallest absolute Gasteiger partial charge is 0.282 e. The molecule has 1 aromatic heterocycles. The van der Waals surface area contributed by atoms with Gasteiger partial charge in [0.1, 0.15) is 5.82 Å². The third-order valence-corrected chi connectivity index (χ3v) is 5.22. The van der Waals surface area contributed by atoms with Gasteiger partial charge < -0.3 is 9.47 Å². The molecule has 7 heteroatoms. The number of halogens is 1. The van der Waals surface area contributed by atoms with Gasteiger partial charge >= 0.3 is 0 Å². The summed E-state index contributed by atoms with van der Waals surface area (Å²) in [4.78, 5) is 18.1. The molecule has 0 aliphatic rings. The molecule has 1 heterocycles. The Morgan fingerprint density at radius 2 is 1.76 bits per heavy atom. The normalized spacial score (nSPS) is 12.5. The zero-order valence-electron chi connectivity index (χ0n) is 20.4. The highest BCUT2D eigenvalue weighted by Crippen LogP contribution is 2.30. The molecular weight excluding hydrogens is 482 g/mol. The summed E-state index contributed by atoms with van der Waals surface area (Å²) in [5, 5.41) is 5.05. The maximum absolute atomic E-state index is 13.3. The van der Waals surface area contributed by atoms with Crippen molar-refractivity contribution in [1.82, 2.24) is 9.66 Å². The fourth-order valence-electron chi connectivity index (χ4n) is 3.15. The number of aromatic nitrogens is 2. The van der Waals surface area contributed by atoms with E-state index in [1.807, 2.05) is 58.0 Å². The number of rotatable bonds is 6. The van der Waals surface area contributed by atoms with Crippen molar-refractivity contribution in [3.63, 3.8) is 0 Å². The Hall–Kier alpha value is -2.67. The monoisotopic (exact) mass is 513 g/mol. The Kier molecular flexibility index (Phi) is 7.32. The van der Waals surface area contributed by atoms with E-state index in [1.54, 1.807) is 12.3 Å². The van der Waals surface area contributed by atoms with Crippen LogP contribution >= 0.6 is 15.9 Å². The molecule has 176 valence electrons. The van der Waals surface area contributed by atoms with Gasteiger partial charge in [0.05, 0.1) is 30.3 Å². The molecule has 0 amide bonds. The van der Waals surface area contributed by atoms with Crippen molar-refractivity contribution < 1.29 is 9.47 Å². The minimum Gasteiger partial charge on any atom is -0.490 e. The summed E-state index contributed by atoms with van der Waals surface area (Å²) in [5.41, 5.74) is 0.893. The van der Waals surface area contributed by atoms with Crippen molar-refractivity contribution >= 4 is 33.0 Å². The fraction of sp³-hybridized carbons (Fsp3) is 0.423. The Balaban J connectivity index is 2.05. The van der Waals surface area contributed by atoms with Crippen LogP contribution in [0.5, 0.6) is 11.5 Å². The summed E-state index contributed by atoms with van der Waals surface area (Å²) < 4.78 is 14.0. The second-order valence-electron chi connectivity index (χ2n) is 10.2. The second-order valence-corrected chi connectivity index (χ2v) is 11.1. The van der Waals surface area contributed by atoms with E-state index in [0.717, 1.165) is 10.0 Å². The summed E-state index contributed by atoms with van der Waals surface area (Å²) in [5.74, 6) is 1.93. The Bertz CT molecular complexity index is 1230. The van der Waals surface area contributed by atoms with Gasteiger partial charge in [0.2, 0.25) is 0 Å². The molecule has 3 rings (SSSR count). The SMILES string of the molecule is CCOc1cc(C=Nn2c(C(C)(C)C)nc3ccc(Br)cc3c2=O)ccc1OCC(C)(C)C. The summed E-state index contributed by atoms with van der Waals surface area (Å²) in [6, 6.07) is 11.1. The van der Waals surface area contributed by atoms with Crippen LogP contribution in [0.15, 0.2) is 50.8 Å². The second kappa shape index (κ2) is 9.67. The first-order chi connectivity index (χ1) is 15.4. The first kappa shape index (κ1) is 25.0. The van der Waals surface area contributed by atoms with Gasteiger partial charge in [-0.2, -0.15) is 9.78 Å². The highest BCUT2D eigenvalue weighted by Gasteiger charge is 2.23. The van der Waals surface area contributed by atoms with Crippen LogP contribution in [0.2, 0.25) is 0 Å². The average Bonchev–Trinajstić information content (AvgIpc) is 2.71. The van der Waals surface area contributed by atoms with Crippen molar-refractivity contribution in [2.24, 2.45) is 10.5 Å². The predicted molar refractivity (Wildman–Crippen MR) is 138 cm³/mol. The Morgan fingerprint density at radius 3 is 2.39 bits per heavy atom. The lowest BCUT2D eigenvalue weighted by Gasteiger charge is -2.21. The molecule has 3 aromatic rings. The van der Waals surface area contributed by atoms with Gasteiger partial charge in [0.25, 0.3) is 5.56 Å². The van der Waals surface area contributed by atoms with E-state index < -0.39 is 0 Å². The van der Waals surface area contributed by atoms with Crippen LogP contribution in [0.4, 0.5) is 0 Å². The highest BCUT2D eigenvalue weighted by atomic mass is 79.9. The van der Waals surface area contributed by atoms with Gasteiger partial charge in [0.15, 0.2) is 11.5 Å². The molecule has 0 N–H and O–H groups in total. The summed E-state index contributed by atoms with van der Waals surface area (Å²) in [6.07, 6.45) is 1.65. The topological polar surface area (TPSA) is 65.7 Å². The van der Waals surface area contributed by atoms with E-state index in [4.69, 9.17) is 14.5 Å². The number of benzene rings is 2. The lowest BCUT2D eigenvalue weighted by molar-refractivity contribution is 0.188. The number of hydrogen-bond donors (Lipinski definition) is 0. The quantitative estimate of drug-likeness (QED) is 0.370. The Morgan fingerprint density at radius 1 is 1.03 bits per heavy atom. The van der Waals surface area contributed by atoms with E-state index in [9.17, 15) is 4.79 Å². The minimum absolute atomic E-state index is 0.0339. The molecule has 0 radical (unpaired) electrons. The molecule has 0 fully saturated rings. The molecule has 0 spiro atoms. The van der Waals surface area contributed by atoms with Crippen LogP contribution in [0.1, 0.15) is 59.9 Å². The average molecular weight is 514 g/mol. The van der Waals surface area contributed by atoms with Gasteiger partial charge in [0, 0.05) is 9.89 Å². The molecule has 0 bridgehead atoms. The van der Waals surface area contributed by atoms with Crippen LogP contribution in [0, 0.1) is 5.41 Å². The molecule has 0 unspecified atom stereocenters. The highest BCUT2D eigenvalue weighted by molar-refractivity contribution is 9.10. The molecular formula is C26H32BrN3O3. The van der Waals surface area contributed by atoms with Crippen LogP contribution in [-0.2, 0) is 5.41 Å². The van der Waals surface area contributed by atoms with Crippen molar-refractivity contribution in [2.75, 3.05) is 13.2 Å². The molecule has 0 saturated heterocycles. The molecule has 0 aliphatic heterocycles. The van der Waals surface area contributed by atoms with E-state index in [2.05, 4.69) is 41.8 Å². The number of hydrogen-bond acceptors (Lipinski definition) is 5. The third-order valence-electron chi connectivity index (χ3n) is 4.73. The summed E-state index contributed by atoms with van der Waals surface area (Å²) in [6.45, 7) is 15.4. The fourth-order valence-corrected chi connectivity index (χ4v) is 3.51. The first-order valence-corrected chi connectivity index (χ1v) is 11.8. The van der Waals surface area contributed by atoms with Crippen molar-refractivity contribution in [1.29, 1.82) is 0 Å². The lowest BCUT2D eigenvalue weighted by Crippen LogP contribution is -2.29. The zero-order chi connectivity index (χ0) is 24.4. The molecule has 0 aliphatic carbocycles. The summed E-state index contributed by atoms with van der Waals surface area (Å²) >= 11 is 3.44. The molecule has 0 saturated carbocycles. The van der Waals surface area contributed by atoms with E-state index in [1.165, 1.54) is 4.68 Å².